The third-order valence-corrected chi connectivity index (χ3v) is 4.58. The molecule has 0 spiro atoms. The van der Waals surface area contributed by atoms with E-state index in [0.29, 0.717) is 5.92 Å². The van der Waals surface area contributed by atoms with E-state index in [-0.39, 0.29) is 0 Å². The molecule has 2 heterocycles. The van der Waals surface area contributed by atoms with Crippen molar-refractivity contribution in [3.63, 3.8) is 0 Å². The van der Waals surface area contributed by atoms with Crippen molar-refractivity contribution in [2.75, 3.05) is 25.4 Å². The van der Waals surface area contributed by atoms with E-state index in [1.165, 1.54) is 5.56 Å². The topological polar surface area (TPSA) is 64.9 Å². The highest BCUT2D eigenvalue weighted by Crippen LogP contribution is 2.36. The summed E-state index contributed by atoms with van der Waals surface area (Å²) in [5.74, 6) is 2.35. The van der Waals surface area contributed by atoms with Crippen molar-refractivity contribution in [1.82, 2.24) is 25.5 Å². The number of rotatable bonds is 7. The molecular weight excluding hydrogens is 286 g/mol. The van der Waals surface area contributed by atoms with E-state index in [9.17, 15) is 0 Å². The van der Waals surface area contributed by atoms with E-state index in [0.717, 1.165) is 42.9 Å². The quantitative estimate of drug-likeness (QED) is 0.618. The van der Waals surface area contributed by atoms with Crippen LogP contribution in [-0.4, -0.2) is 45.7 Å². The molecule has 3 rings (SSSR count). The third-order valence-electron chi connectivity index (χ3n) is 3.46. The van der Waals surface area contributed by atoms with Crippen molar-refractivity contribution in [2.45, 2.75) is 24.5 Å². The van der Waals surface area contributed by atoms with Gasteiger partial charge in [-0.05, 0) is 23.0 Å². The van der Waals surface area contributed by atoms with Crippen LogP contribution in [-0.2, 0) is 6.54 Å². The molecule has 1 aliphatic heterocycles. The first-order chi connectivity index (χ1) is 10.4. The number of hydrogen-bond donors (Lipinski definition) is 1. The highest BCUT2D eigenvalue weighted by Gasteiger charge is 2.24. The first kappa shape index (κ1) is 14.3. The Bertz CT molecular complexity index is 588. The van der Waals surface area contributed by atoms with Gasteiger partial charge in [-0.1, -0.05) is 36.9 Å². The van der Waals surface area contributed by atoms with Crippen molar-refractivity contribution < 1.29 is 4.74 Å². The Labute approximate surface area is 128 Å². The average Bonchev–Trinajstić information content (AvgIpc) is 3.12. The number of nitrogens with zero attached hydrogens (tertiary/aromatic N) is 4. The van der Waals surface area contributed by atoms with E-state index in [4.69, 9.17) is 4.74 Å². The monoisotopic (exact) mass is 305 g/mol. The van der Waals surface area contributed by atoms with Crippen LogP contribution in [0.4, 0.5) is 0 Å². The molecule has 1 N–H and O–H groups in total. The fourth-order valence-electron chi connectivity index (χ4n) is 2.34. The number of nitrogens with one attached hydrogen (secondary N) is 1. The van der Waals surface area contributed by atoms with Crippen LogP contribution in [0.15, 0.2) is 29.4 Å². The highest BCUT2D eigenvalue weighted by atomic mass is 32.2. The lowest BCUT2D eigenvalue weighted by molar-refractivity contribution is 0.338. The van der Waals surface area contributed by atoms with Gasteiger partial charge < -0.3 is 10.1 Å². The Balaban J connectivity index is 1.58. The van der Waals surface area contributed by atoms with Crippen LogP contribution in [0.3, 0.4) is 0 Å². The molecule has 0 bridgehead atoms. The zero-order chi connectivity index (χ0) is 14.5. The van der Waals surface area contributed by atoms with Gasteiger partial charge in [0.15, 0.2) is 0 Å². The Hall–Kier alpha value is -1.60. The molecule has 1 unspecified atom stereocenters. The van der Waals surface area contributed by atoms with E-state index < -0.39 is 0 Å². The zero-order valence-corrected chi connectivity index (χ0v) is 12.8. The number of para-hydroxylation sites is 1. The van der Waals surface area contributed by atoms with Crippen LogP contribution in [0.25, 0.3) is 0 Å². The minimum Gasteiger partial charge on any atom is -0.493 e. The second-order valence-corrected chi connectivity index (χ2v) is 5.88. The van der Waals surface area contributed by atoms with Gasteiger partial charge in [0.05, 0.1) is 13.2 Å². The molecule has 0 fully saturated rings. The lowest BCUT2D eigenvalue weighted by atomic mass is 10.0. The summed E-state index contributed by atoms with van der Waals surface area (Å²) >= 11 is 1.69. The minimum absolute atomic E-state index is 0.408. The lowest BCUT2D eigenvalue weighted by Gasteiger charge is -2.08. The molecule has 0 radical (unpaired) electrons. The zero-order valence-electron chi connectivity index (χ0n) is 12.0. The SMILES string of the molecule is CCNCCn1nnnc1SCC1COc2ccccc21. The van der Waals surface area contributed by atoms with E-state index >= 15 is 0 Å². The number of ether oxygens (including phenoxy) is 1. The Morgan fingerprint density at radius 3 is 3.24 bits per heavy atom. The van der Waals surface area contributed by atoms with Gasteiger partial charge >= 0.3 is 0 Å². The van der Waals surface area contributed by atoms with Crippen molar-refractivity contribution in [1.29, 1.82) is 0 Å². The number of aromatic nitrogens is 4. The molecule has 1 aliphatic rings. The maximum absolute atomic E-state index is 5.71. The summed E-state index contributed by atoms with van der Waals surface area (Å²) in [6.07, 6.45) is 0. The maximum atomic E-state index is 5.71. The molecule has 7 heteroatoms. The summed E-state index contributed by atoms with van der Waals surface area (Å²) in [5.41, 5.74) is 1.29. The van der Waals surface area contributed by atoms with Gasteiger partial charge in [-0.3, -0.25) is 0 Å². The second-order valence-electron chi connectivity index (χ2n) is 4.89. The first-order valence-corrected chi connectivity index (χ1v) is 8.18. The van der Waals surface area contributed by atoms with Gasteiger partial charge in [0.1, 0.15) is 5.75 Å². The Morgan fingerprint density at radius 2 is 2.33 bits per heavy atom. The molecule has 0 saturated carbocycles. The number of thioether (sulfide) groups is 1. The molecule has 1 aromatic heterocycles. The predicted molar refractivity (Wildman–Crippen MR) is 81.8 cm³/mol. The van der Waals surface area contributed by atoms with Crippen LogP contribution in [0.5, 0.6) is 5.75 Å². The van der Waals surface area contributed by atoms with Gasteiger partial charge in [-0.15, -0.1) is 5.10 Å². The van der Waals surface area contributed by atoms with Crippen LogP contribution >= 0.6 is 11.8 Å². The number of benzene rings is 1. The lowest BCUT2D eigenvalue weighted by Crippen LogP contribution is -2.20. The predicted octanol–water partition coefficient (Wildman–Crippen LogP) is 1.55. The molecule has 6 nitrogen and oxygen atoms in total. The summed E-state index contributed by atoms with van der Waals surface area (Å²) in [4.78, 5) is 0. The standard InChI is InChI=1S/C14H19N5OS/c1-2-15-7-8-19-14(16-17-18-19)21-10-11-9-20-13-6-4-3-5-12(11)13/h3-6,11,15H,2,7-10H2,1H3. The second kappa shape index (κ2) is 6.91. The van der Waals surface area contributed by atoms with Gasteiger partial charge in [0.2, 0.25) is 5.16 Å². The summed E-state index contributed by atoms with van der Waals surface area (Å²) in [7, 11) is 0. The first-order valence-electron chi connectivity index (χ1n) is 7.20. The molecule has 21 heavy (non-hydrogen) atoms. The third kappa shape index (κ3) is 3.36. The smallest absolute Gasteiger partial charge is 0.209 e. The fourth-order valence-corrected chi connectivity index (χ4v) is 3.34. The number of likely N-dealkylation sites (N-methyl/N-ethyl adjacent to an activating group) is 1. The van der Waals surface area contributed by atoms with Crippen molar-refractivity contribution >= 4 is 11.8 Å². The van der Waals surface area contributed by atoms with Crippen LogP contribution in [0.2, 0.25) is 0 Å². The van der Waals surface area contributed by atoms with Crippen LogP contribution in [0, 0.1) is 0 Å². The molecular formula is C14H19N5OS. The van der Waals surface area contributed by atoms with Gasteiger partial charge in [-0.2, -0.15) is 0 Å². The minimum atomic E-state index is 0.408. The van der Waals surface area contributed by atoms with E-state index in [2.05, 4.69) is 39.9 Å². The fraction of sp³-hybridized carbons (Fsp3) is 0.500. The van der Waals surface area contributed by atoms with Gasteiger partial charge in [0.25, 0.3) is 0 Å². The molecule has 0 aliphatic carbocycles. The summed E-state index contributed by atoms with van der Waals surface area (Å²) in [6, 6.07) is 8.24. The molecule has 112 valence electrons. The molecule has 1 atom stereocenters. The van der Waals surface area contributed by atoms with E-state index in [1.807, 2.05) is 16.8 Å². The molecule has 0 saturated heterocycles. The number of hydrogen-bond acceptors (Lipinski definition) is 6. The average molecular weight is 305 g/mol. The van der Waals surface area contributed by atoms with Gasteiger partial charge in [0, 0.05) is 23.8 Å². The maximum Gasteiger partial charge on any atom is 0.209 e. The number of fused-ring (bicyclic) bond motifs is 1. The normalized spacial score (nSPS) is 16.7. The van der Waals surface area contributed by atoms with Crippen LogP contribution in [0.1, 0.15) is 18.4 Å². The number of tetrazole rings is 1. The summed E-state index contributed by atoms with van der Waals surface area (Å²) < 4.78 is 7.57. The molecule has 0 amide bonds. The van der Waals surface area contributed by atoms with E-state index in [1.54, 1.807) is 11.8 Å². The molecule has 2 aromatic rings. The largest absolute Gasteiger partial charge is 0.493 e. The van der Waals surface area contributed by atoms with Crippen molar-refractivity contribution in [3.05, 3.63) is 29.8 Å². The molecule has 1 aromatic carbocycles. The van der Waals surface area contributed by atoms with Crippen LogP contribution < -0.4 is 10.1 Å². The highest BCUT2D eigenvalue weighted by molar-refractivity contribution is 7.99. The summed E-state index contributed by atoms with van der Waals surface area (Å²) in [5, 5.41) is 16.1. The Kier molecular flexibility index (Phi) is 4.72. The Morgan fingerprint density at radius 1 is 1.43 bits per heavy atom. The van der Waals surface area contributed by atoms with Crippen molar-refractivity contribution in [2.24, 2.45) is 0 Å². The summed E-state index contributed by atoms with van der Waals surface area (Å²) in [6.45, 7) is 5.46. The van der Waals surface area contributed by atoms with Gasteiger partial charge in [-0.25, -0.2) is 4.68 Å². The van der Waals surface area contributed by atoms with Crippen molar-refractivity contribution in [3.8, 4) is 5.75 Å².